The summed E-state index contributed by atoms with van der Waals surface area (Å²) in [5.41, 5.74) is 3.48. The van der Waals surface area contributed by atoms with Crippen molar-refractivity contribution in [2.75, 3.05) is 4.90 Å². The second-order valence-electron chi connectivity index (χ2n) is 7.22. The summed E-state index contributed by atoms with van der Waals surface area (Å²) in [7, 11) is 0. The molecule has 1 amide bonds. The van der Waals surface area contributed by atoms with E-state index in [9.17, 15) is 9.90 Å². The summed E-state index contributed by atoms with van der Waals surface area (Å²) in [4.78, 5) is 20.0. The van der Waals surface area contributed by atoms with Gasteiger partial charge >= 0.3 is 0 Å². The Kier molecular flexibility index (Phi) is 6.54. The first kappa shape index (κ1) is 22.7. The number of carbonyl (C=O) groups excluding carboxylic acids is 1. The van der Waals surface area contributed by atoms with Crippen LogP contribution in [-0.4, -0.2) is 16.2 Å². The number of hydrogen-bond donors (Lipinski definition) is 1. The molecule has 1 N–H and O–H groups in total. The average molecular weight is 504 g/mol. The van der Waals surface area contributed by atoms with Gasteiger partial charge in [0.05, 0.1) is 16.3 Å². The first-order chi connectivity index (χ1) is 15.2. The number of aryl methyl sites for hydroxylation is 2. The summed E-state index contributed by atoms with van der Waals surface area (Å²) in [5.74, 6) is -0.262. The number of anilines is 1. The number of phenolic OH excluding ortho intramolecular Hbond substituents is 1. The third-order valence-corrected chi connectivity index (χ3v) is 6.89. The first-order valence-corrected chi connectivity index (χ1v) is 11.5. The maximum Gasteiger partial charge on any atom is 0.271 e. The lowest BCUT2D eigenvalue weighted by atomic mass is 10.1. The number of amides is 1. The molecule has 0 unspecified atom stereocenters. The number of carbonyl (C=O) groups is 1. The molecule has 0 spiro atoms. The van der Waals surface area contributed by atoms with Crippen LogP contribution in [0.25, 0.3) is 6.08 Å². The molecule has 3 aromatic rings. The number of rotatable bonds is 3. The molecule has 0 aromatic heterocycles. The SMILES string of the molecule is Cc1ccc(N=C2S/C(=C/c3cc(Cl)ccc3O)C(=O)N2c2ccc(C)c(Cl)c2)cc1Cl. The van der Waals surface area contributed by atoms with Crippen LogP contribution >= 0.6 is 46.6 Å². The minimum absolute atomic E-state index is 0.0240. The van der Waals surface area contributed by atoms with Gasteiger partial charge in [-0.15, -0.1) is 0 Å². The molecule has 162 valence electrons. The lowest BCUT2D eigenvalue weighted by Gasteiger charge is -2.16. The van der Waals surface area contributed by atoms with Gasteiger partial charge in [-0.1, -0.05) is 46.9 Å². The van der Waals surface area contributed by atoms with Gasteiger partial charge in [0.1, 0.15) is 5.75 Å². The molecule has 0 radical (unpaired) electrons. The zero-order valence-corrected chi connectivity index (χ0v) is 20.1. The van der Waals surface area contributed by atoms with Gasteiger partial charge in [-0.3, -0.25) is 9.69 Å². The molecule has 1 heterocycles. The van der Waals surface area contributed by atoms with Crippen LogP contribution in [0.3, 0.4) is 0 Å². The summed E-state index contributed by atoms with van der Waals surface area (Å²) < 4.78 is 0. The second kappa shape index (κ2) is 9.20. The normalized spacial score (nSPS) is 16.4. The Labute approximate surface area is 205 Å². The molecule has 1 fully saturated rings. The van der Waals surface area contributed by atoms with Crippen LogP contribution in [0.15, 0.2) is 64.5 Å². The number of nitrogens with zero attached hydrogens (tertiary/aromatic N) is 2. The largest absolute Gasteiger partial charge is 0.507 e. The minimum atomic E-state index is -0.286. The van der Waals surface area contributed by atoms with E-state index in [4.69, 9.17) is 34.8 Å². The molecule has 1 aliphatic heterocycles. The molecular formula is C24H17Cl3N2O2S. The highest BCUT2D eigenvalue weighted by molar-refractivity contribution is 8.19. The van der Waals surface area contributed by atoms with Gasteiger partial charge in [0.2, 0.25) is 0 Å². The summed E-state index contributed by atoms with van der Waals surface area (Å²) in [5, 5.41) is 12.2. The monoisotopic (exact) mass is 502 g/mol. The molecule has 32 heavy (non-hydrogen) atoms. The van der Waals surface area contributed by atoms with Crippen molar-refractivity contribution in [2.45, 2.75) is 13.8 Å². The van der Waals surface area contributed by atoms with Crippen molar-refractivity contribution in [3.63, 3.8) is 0 Å². The molecule has 0 atom stereocenters. The Bertz CT molecular complexity index is 1300. The van der Waals surface area contributed by atoms with Crippen molar-refractivity contribution >= 4 is 75.1 Å². The van der Waals surface area contributed by atoms with Crippen LogP contribution in [0.5, 0.6) is 5.75 Å². The van der Waals surface area contributed by atoms with Gasteiger partial charge in [0, 0.05) is 20.6 Å². The van der Waals surface area contributed by atoms with Crippen LogP contribution in [0.4, 0.5) is 11.4 Å². The Balaban J connectivity index is 1.83. The molecule has 4 rings (SSSR count). The lowest BCUT2D eigenvalue weighted by molar-refractivity contribution is -0.113. The number of benzene rings is 3. The Morgan fingerprint density at radius 3 is 2.31 bits per heavy atom. The maximum atomic E-state index is 13.4. The average Bonchev–Trinajstić information content (AvgIpc) is 3.04. The summed E-state index contributed by atoms with van der Waals surface area (Å²) in [6.45, 7) is 3.80. The highest BCUT2D eigenvalue weighted by atomic mass is 35.5. The van der Waals surface area contributed by atoms with Crippen molar-refractivity contribution in [2.24, 2.45) is 4.99 Å². The fourth-order valence-corrected chi connectivity index (χ4v) is 4.56. The third kappa shape index (κ3) is 4.66. The van der Waals surface area contributed by atoms with E-state index in [-0.39, 0.29) is 11.7 Å². The number of amidine groups is 1. The number of halogens is 3. The number of hydrogen-bond acceptors (Lipinski definition) is 4. The van der Waals surface area contributed by atoms with Gasteiger partial charge < -0.3 is 5.11 Å². The quantitative estimate of drug-likeness (QED) is 0.371. The molecular weight excluding hydrogens is 487 g/mol. The fourth-order valence-electron chi connectivity index (χ4n) is 3.04. The highest BCUT2D eigenvalue weighted by Gasteiger charge is 2.35. The van der Waals surface area contributed by atoms with Crippen molar-refractivity contribution in [1.29, 1.82) is 0 Å². The van der Waals surface area contributed by atoms with E-state index in [1.165, 1.54) is 22.7 Å². The van der Waals surface area contributed by atoms with Crippen LogP contribution in [0.2, 0.25) is 15.1 Å². The van der Waals surface area contributed by atoms with Crippen LogP contribution in [-0.2, 0) is 4.79 Å². The van der Waals surface area contributed by atoms with Gasteiger partial charge in [-0.2, -0.15) is 0 Å². The molecule has 3 aromatic carbocycles. The minimum Gasteiger partial charge on any atom is -0.507 e. The molecule has 1 aliphatic rings. The Morgan fingerprint density at radius 1 is 0.938 bits per heavy atom. The molecule has 8 heteroatoms. The van der Waals surface area contributed by atoms with Crippen molar-refractivity contribution in [1.82, 2.24) is 0 Å². The Morgan fingerprint density at radius 2 is 1.62 bits per heavy atom. The van der Waals surface area contributed by atoms with E-state index >= 15 is 0 Å². The topological polar surface area (TPSA) is 52.9 Å². The van der Waals surface area contributed by atoms with Crippen molar-refractivity contribution < 1.29 is 9.90 Å². The van der Waals surface area contributed by atoms with Crippen LogP contribution in [0.1, 0.15) is 16.7 Å². The van der Waals surface area contributed by atoms with E-state index in [2.05, 4.69) is 4.99 Å². The number of phenols is 1. The van der Waals surface area contributed by atoms with Crippen molar-refractivity contribution in [3.8, 4) is 5.75 Å². The summed E-state index contributed by atoms with van der Waals surface area (Å²) in [6.07, 6.45) is 1.60. The molecule has 0 aliphatic carbocycles. The fraction of sp³-hybridized carbons (Fsp3) is 0.0833. The van der Waals surface area contributed by atoms with Gasteiger partial charge in [-0.25, -0.2) is 4.99 Å². The predicted molar refractivity (Wildman–Crippen MR) is 136 cm³/mol. The number of thioether (sulfide) groups is 1. The standard InChI is InChI=1S/C24H17Cl3N2O2S/c1-13-3-6-17(11-19(13)26)28-24-29(18-7-4-14(2)20(27)12-18)23(31)22(32-24)10-15-9-16(25)5-8-21(15)30/h3-12,30H,1-2H3/b22-10+,28-24?. The Hall–Kier alpha value is -2.44. The van der Waals surface area contributed by atoms with E-state index < -0.39 is 0 Å². The maximum absolute atomic E-state index is 13.4. The smallest absolute Gasteiger partial charge is 0.271 e. The molecule has 0 saturated carbocycles. The zero-order chi connectivity index (χ0) is 23.0. The van der Waals surface area contributed by atoms with Crippen molar-refractivity contribution in [3.05, 3.63) is 91.3 Å². The predicted octanol–water partition coefficient (Wildman–Crippen LogP) is 7.78. The van der Waals surface area contributed by atoms with Gasteiger partial charge in [0.15, 0.2) is 5.17 Å². The van der Waals surface area contributed by atoms with Crippen LogP contribution < -0.4 is 4.90 Å². The second-order valence-corrected chi connectivity index (χ2v) is 9.48. The number of aromatic hydroxyl groups is 1. The van der Waals surface area contributed by atoms with E-state index in [1.54, 1.807) is 30.3 Å². The van der Waals surface area contributed by atoms with Gasteiger partial charge in [-0.05, 0) is 85.3 Å². The molecule has 1 saturated heterocycles. The summed E-state index contributed by atoms with van der Waals surface area (Å²) >= 11 is 19.8. The first-order valence-electron chi connectivity index (χ1n) is 9.56. The molecule has 4 nitrogen and oxygen atoms in total. The number of aliphatic imine (C=N–C) groups is 1. The molecule has 0 bridgehead atoms. The lowest BCUT2D eigenvalue weighted by Crippen LogP contribution is -2.28. The summed E-state index contributed by atoms with van der Waals surface area (Å²) in [6, 6.07) is 15.5. The zero-order valence-electron chi connectivity index (χ0n) is 17.1. The van der Waals surface area contributed by atoms with E-state index in [0.717, 1.165) is 11.1 Å². The van der Waals surface area contributed by atoms with Crippen LogP contribution in [0, 0.1) is 13.8 Å². The van der Waals surface area contributed by atoms with E-state index in [0.29, 0.717) is 42.1 Å². The van der Waals surface area contributed by atoms with E-state index in [1.807, 2.05) is 38.1 Å². The van der Waals surface area contributed by atoms with Gasteiger partial charge in [0.25, 0.3) is 5.91 Å². The third-order valence-electron chi connectivity index (χ3n) is 4.88. The highest BCUT2D eigenvalue weighted by Crippen LogP contribution is 2.39.